The molecule has 1 aliphatic carbocycles. The van der Waals surface area contributed by atoms with Gasteiger partial charge in [-0.15, -0.1) is 0 Å². The zero-order chi connectivity index (χ0) is 14.5. The Kier molecular flexibility index (Phi) is 4.88. The number of amides is 1. The summed E-state index contributed by atoms with van der Waals surface area (Å²) in [6, 6.07) is 5.54. The summed E-state index contributed by atoms with van der Waals surface area (Å²) in [4.78, 5) is 12.4. The predicted octanol–water partition coefficient (Wildman–Crippen LogP) is 3.01. The zero-order valence-electron chi connectivity index (χ0n) is 12.4. The first-order valence-electron chi connectivity index (χ1n) is 7.17. The average molecular weight is 277 g/mol. The van der Waals surface area contributed by atoms with E-state index in [0.717, 1.165) is 18.8 Å². The molecule has 4 nitrogen and oxygen atoms in total. The van der Waals surface area contributed by atoms with Crippen molar-refractivity contribution >= 4 is 5.91 Å². The van der Waals surface area contributed by atoms with Crippen LogP contribution in [0, 0.1) is 5.92 Å². The number of ether oxygens (including phenoxy) is 2. The molecule has 0 bridgehead atoms. The van der Waals surface area contributed by atoms with Crippen LogP contribution in [0.2, 0.25) is 0 Å². The van der Waals surface area contributed by atoms with Crippen molar-refractivity contribution in [2.24, 2.45) is 5.92 Å². The molecule has 2 rings (SSSR count). The van der Waals surface area contributed by atoms with Gasteiger partial charge in [-0.1, -0.05) is 6.92 Å². The predicted molar refractivity (Wildman–Crippen MR) is 78.4 cm³/mol. The summed E-state index contributed by atoms with van der Waals surface area (Å²) in [5.41, 5.74) is 0.533. The van der Waals surface area contributed by atoms with Crippen molar-refractivity contribution in [1.82, 2.24) is 5.32 Å². The molecule has 1 amide bonds. The molecule has 1 aromatic carbocycles. The van der Waals surface area contributed by atoms with Crippen LogP contribution in [-0.2, 0) is 0 Å². The van der Waals surface area contributed by atoms with Gasteiger partial charge in [0.05, 0.1) is 19.8 Å². The zero-order valence-corrected chi connectivity index (χ0v) is 12.4. The van der Waals surface area contributed by atoms with E-state index < -0.39 is 0 Å². The van der Waals surface area contributed by atoms with E-state index in [1.54, 1.807) is 32.4 Å². The van der Waals surface area contributed by atoms with Crippen molar-refractivity contribution in [3.05, 3.63) is 23.8 Å². The Labute approximate surface area is 120 Å². The minimum absolute atomic E-state index is 0.0831. The van der Waals surface area contributed by atoms with E-state index in [4.69, 9.17) is 9.47 Å². The third kappa shape index (κ3) is 3.44. The lowest BCUT2D eigenvalue weighted by atomic mass is 9.87. The van der Waals surface area contributed by atoms with Gasteiger partial charge in [-0.3, -0.25) is 4.79 Å². The summed E-state index contributed by atoms with van der Waals surface area (Å²) < 4.78 is 10.4. The molecule has 20 heavy (non-hydrogen) atoms. The number of hydrogen-bond acceptors (Lipinski definition) is 3. The Hall–Kier alpha value is -1.71. The fraction of sp³-hybridized carbons (Fsp3) is 0.562. The molecule has 1 aliphatic rings. The SMILES string of the molecule is COc1ccc(OC)c(C(=O)NC2CCC(C)CC2)c1. The van der Waals surface area contributed by atoms with Gasteiger partial charge < -0.3 is 14.8 Å². The standard InChI is InChI=1S/C16H23NO3/c1-11-4-6-12(7-5-11)17-16(18)14-10-13(19-2)8-9-15(14)20-3/h8-12H,4-7H2,1-3H3,(H,17,18). The van der Waals surface area contributed by atoms with Crippen LogP contribution in [0.25, 0.3) is 0 Å². The lowest BCUT2D eigenvalue weighted by Crippen LogP contribution is -2.37. The summed E-state index contributed by atoms with van der Waals surface area (Å²) in [5.74, 6) is 1.93. The number of hydrogen-bond donors (Lipinski definition) is 1. The summed E-state index contributed by atoms with van der Waals surface area (Å²) in [6.45, 7) is 2.27. The number of nitrogens with one attached hydrogen (secondary N) is 1. The summed E-state index contributed by atoms with van der Waals surface area (Å²) in [7, 11) is 3.16. The quantitative estimate of drug-likeness (QED) is 0.920. The molecular weight excluding hydrogens is 254 g/mol. The van der Waals surface area contributed by atoms with Crippen molar-refractivity contribution in [2.75, 3.05) is 14.2 Å². The fourth-order valence-corrected chi connectivity index (χ4v) is 2.66. The second-order valence-corrected chi connectivity index (χ2v) is 5.50. The van der Waals surface area contributed by atoms with Gasteiger partial charge in [0.25, 0.3) is 5.91 Å². The molecule has 0 atom stereocenters. The van der Waals surface area contributed by atoms with Gasteiger partial charge in [0, 0.05) is 6.04 Å². The van der Waals surface area contributed by atoms with E-state index in [-0.39, 0.29) is 11.9 Å². The molecular formula is C16H23NO3. The number of methoxy groups -OCH3 is 2. The van der Waals surface area contributed by atoms with Crippen LogP contribution in [-0.4, -0.2) is 26.2 Å². The monoisotopic (exact) mass is 277 g/mol. The van der Waals surface area contributed by atoms with Crippen LogP contribution >= 0.6 is 0 Å². The van der Waals surface area contributed by atoms with E-state index >= 15 is 0 Å². The van der Waals surface area contributed by atoms with Crippen LogP contribution in [0.4, 0.5) is 0 Å². The first-order chi connectivity index (χ1) is 9.63. The van der Waals surface area contributed by atoms with Crippen LogP contribution in [0.15, 0.2) is 18.2 Å². The minimum Gasteiger partial charge on any atom is -0.497 e. The summed E-state index contributed by atoms with van der Waals surface area (Å²) in [5, 5.41) is 3.11. The molecule has 0 saturated heterocycles. The minimum atomic E-state index is -0.0831. The maximum atomic E-state index is 12.4. The van der Waals surface area contributed by atoms with Crippen LogP contribution in [0.3, 0.4) is 0 Å². The Bertz CT molecular complexity index is 465. The van der Waals surface area contributed by atoms with Gasteiger partial charge in [0.2, 0.25) is 0 Å². The molecule has 0 unspecified atom stereocenters. The fourth-order valence-electron chi connectivity index (χ4n) is 2.66. The van der Waals surface area contributed by atoms with Crippen molar-refractivity contribution in [3.8, 4) is 11.5 Å². The lowest BCUT2D eigenvalue weighted by Gasteiger charge is -2.27. The Balaban J connectivity index is 2.08. The van der Waals surface area contributed by atoms with Crippen LogP contribution < -0.4 is 14.8 Å². The maximum absolute atomic E-state index is 12.4. The van der Waals surface area contributed by atoms with Crippen molar-refractivity contribution in [3.63, 3.8) is 0 Å². The van der Waals surface area contributed by atoms with E-state index in [1.165, 1.54) is 12.8 Å². The Morgan fingerprint density at radius 1 is 1.15 bits per heavy atom. The maximum Gasteiger partial charge on any atom is 0.255 e. The Morgan fingerprint density at radius 3 is 2.45 bits per heavy atom. The van der Waals surface area contributed by atoms with Gasteiger partial charge in [-0.2, -0.15) is 0 Å². The highest BCUT2D eigenvalue weighted by Gasteiger charge is 2.22. The third-order valence-electron chi connectivity index (χ3n) is 4.00. The van der Waals surface area contributed by atoms with E-state index in [0.29, 0.717) is 17.1 Å². The van der Waals surface area contributed by atoms with Gasteiger partial charge in [0.15, 0.2) is 0 Å². The summed E-state index contributed by atoms with van der Waals surface area (Å²) in [6.07, 6.45) is 4.47. The second kappa shape index (κ2) is 6.64. The lowest BCUT2D eigenvalue weighted by molar-refractivity contribution is 0.0919. The van der Waals surface area contributed by atoms with Crippen LogP contribution in [0.5, 0.6) is 11.5 Å². The van der Waals surface area contributed by atoms with E-state index in [9.17, 15) is 4.79 Å². The van der Waals surface area contributed by atoms with E-state index in [2.05, 4.69) is 12.2 Å². The largest absolute Gasteiger partial charge is 0.497 e. The number of carbonyl (C=O) groups is 1. The number of benzene rings is 1. The molecule has 0 aromatic heterocycles. The molecule has 0 radical (unpaired) electrons. The van der Waals surface area contributed by atoms with Crippen LogP contribution in [0.1, 0.15) is 43.0 Å². The first kappa shape index (κ1) is 14.7. The average Bonchev–Trinajstić information content (AvgIpc) is 2.48. The van der Waals surface area contributed by atoms with Gasteiger partial charge in [0.1, 0.15) is 11.5 Å². The van der Waals surface area contributed by atoms with Crippen molar-refractivity contribution in [2.45, 2.75) is 38.6 Å². The topological polar surface area (TPSA) is 47.6 Å². The highest BCUT2D eigenvalue weighted by Crippen LogP contribution is 2.26. The van der Waals surface area contributed by atoms with Crippen molar-refractivity contribution < 1.29 is 14.3 Å². The molecule has 1 fully saturated rings. The van der Waals surface area contributed by atoms with Gasteiger partial charge >= 0.3 is 0 Å². The third-order valence-corrected chi connectivity index (χ3v) is 4.00. The number of rotatable bonds is 4. The molecule has 110 valence electrons. The smallest absolute Gasteiger partial charge is 0.255 e. The molecule has 0 aliphatic heterocycles. The van der Waals surface area contributed by atoms with Gasteiger partial charge in [-0.25, -0.2) is 0 Å². The first-order valence-corrected chi connectivity index (χ1v) is 7.17. The molecule has 1 saturated carbocycles. The highest BCUT2D eigenvalue weighted by molar-refractivity contribution is 5.97. The molecule has 1 aromatic rings. The second-order valence-electron chi connectivity index (χ2n) is 5.50. The molecule has 0 heterocycles. The highest BCUT2D eigenvalue weighted by atomic mass is 16.5. The summed E-state index contributed by atoms with van der Waals surface area (Å²) >= 11 is 0. The molecule has 4 heteroatoms. The molecule has 0 spiro atoms. The van der Waals surface area contributed by atoms with Crippen molar-refractivity contribution in [1.29, 1.82) is 0 Å². The van der Waals surface area contributed by atoms with Gasteiger partial charge in [-0.05, 0) is 49.8 Å². The number of carbonyl (C=O) groups excluding carboxylic acids is 1. The Morgan fingerprint density at radius 2 is 1.85 bits per heavy atom. The van der Waals surface area contributed by atoms with E-state index in [1.807, 2.05) is 0 Å². The molecule has 1 N–H and O–H groups in total. The normalized spacial score (nSPS) is 22.1.